The molecule has 110 valence electrons. The molecule has 2 aliphatic heterocycles. The Hall–Kier alpha value is -2.89. The number of amides is 2. The number of para-hydroxylation sites is 1. The Labute approximate surface area is 126 Å². The molecule has 0 bridgehead atoms. The summed E-state index contributed by atoms with van der Waals surface area (Å²) in [6, 6.07) is 7.83. The smallest absolute Gasteiger partial charge is 0.275 e. The van der Waals surface area contributed by atoms with Gasteiger partial charge in [0.05, 0.1) is 17.0 Å². The van der Waals surface area contributed by atoms with Crippen LogP contribution in [0.2, 0.25) is 0 Å². The Morgan fingerprint density at radius 3 is 2.86 bits per heavy atom. The van der Waals surface area contributed by atoms with E-state index in [-0.39, 0.29) is 23.7 Å². The summed E-state index contributed by atoms with van der Waals surface area (Å²) in [5.74, 6) is -0.876. The number of benzene rings is 1. The number of anilines is 1. The van der Waals surface area contributed by atoms with Gasteiger partial charge < -0.3 is 11.1 Å². The molecule has 2 amide bonds. The summed E-state index contributed by atoms with van der Waals surface area (Å²) in [5, 5.41) is 7.36. The van der Waals surface area contributed by atoms with Crippen LogP contribution in [-0.2, 0) is 9.59 Å². The highest BCUT2D eigenvalue weighted by atomic mass is 16.2. The predicted molar refractivity (Wildman–Crippen MR) is 82.5 cm³/mol. The van der Waals surface area contributed by atoms with Crippen molar-refractivity contribution in [2.24, 2.45) is 22.7 Å². The number of hydrazone groups is 1. The van der Waals surface area contributed by atoms with Crippen LogP contribution in [0.5, 0.6) is 0 Å². The zero-order chi connectivity index (χ0) is 15.3. The molecule has 1 saturated carbocycles. The van der Waals surface area contributed by atoms with Crippen molar-refractivity contribution in [1.29, 1.82) is 0 Å². The zero-order valence-electron chi connectivity index (χ0n) is 11.7. The van der Waals surface area contributed by atoms with E-state index < -0.39 is 0 Å². The first-order valence-corrected chi connectivity index (χ1v) is 7.11. The van der Waals surface area contributed by atoms with Gasteiger partial charge in [-0.15, -0.1) is 0 Å². The summed E-state index contributed by atoms with van der Waals surface area (Å²) < 4.78 is 0. The highest BCUT2D eigenvalue weighted by Gasteiger charge is 2.49. The second kappa shape index (κ2) is 4.56. The Morgan fingerprint density at radius 1 is 1.27 bits per heavy atom. The van der Waals surface area contributed by atoms with Gasteiger partial charge in [0.2, 0.25) is 5.91 Å². The second-order valence-electron chi connectivity index (χ2n) is 5.62. The summed E-state index contributed by atoms with van der Waals surface area (Å²) in [4.78, 5) is 23.4. The fraction of sp³-hybridized carbons (Fsp3) is 0.188. The van der Waals surface area contributed by atoms with E-state index in [0.29, 0.717) is 23.4 Å². The summed E-state index contributed by atoms with van der Waals surface area (Å²) >= 11 is 0. The van der Waals surface area contributed by atoms with Gasteiger partial charge in [-0.3, -0.25) is 9.59 Å². The predicted octanol–water partition coefficient (Wildman–Crippen LogP) is 0.987. The summed E-state index contributed by atoms with van der Waals surface area (Å²) in [5.41, 5.74) is 11.6. The maximum Gasteiger partial charge on any atom is 0.275 e. The second-order valence-corrected chi connectivity index (χ2v) is 5.62. The largest absolute Gasteiger partial charge is 0.369 e. The van der Waals surface area contributed by atoms with E-state index in [9.17, 15) is 9.59 Å². The van der Waals surface area contributed by atoms with E-state index in [1.807, 2.05) is 36.4 Å². The number of fused-ring (bicyclic) bond motifs is 1. The first-order valence-electron chi connectivity index (χ1n) is 7.11. The fourth-order valence-corrected chi connectivity index (χ4v) is 2.94. The fourth-order valence-electron chi connectivity index (χ4n) is 2.94. The molecular weight excluding hydrogens is 280 g/mol. The monoisotopic (exact) mass is 294 g/mol. The minimum Gasteiger partial charge on any atom is -0.369 e. The Balaban J connectivity index is 1.71. The molecule has 6 nitrogen and oxygen atoms in total. The van der Waals surface area contributed by atoms with Crippen molar-refractivity contribution < 1.29 is 9.59 Å². The van der Waals surface area contributed by atoms with Gasteiger partial charge in [-0.25, -0.2) is 5.43 Å². The average molecular weight is 294 g/mol. The lowest BCUT2D eigenvalue weighted by Gasteiger charge is -2.17. The maximum atomic E-state index is 12.1. The van der Waals surface area contributed by atoms with Crippen molar-refractivity contribution in [2.75, 3.05) is 5.32 Å². The van der Waals surface area contributed by atoms with Crippen LogP contribution in [0, 0.1) is 11.8 Å². The lowest BCUT2D eigenvalue weighted by molar-refractivity contribution is -0.119. The number of nitrogens with two attached hydrogens (primary N) is 1. The molecule has 2 atom stereocenters. The van der Waals surface area contributed by atoms with Gasteiger partial charge in [-0.1, -0.05) is 24.3 Å². The van der Waals surface area contributed by atoms with Gasteiger partial charge >= 0.3 is 0 Å². The van der Waals surface area contributed by atoms with Crippen molar-refractivity contribution in [3.8, 4) is 0 Å². The molecular formula is C16H14N4O2. The van der Waals surface area contributed by atoms with E-state index in [1.54, 1.807) is 0 Å². The van der Waals surface area contributed by atoms with Gasteiger partial charge in [0.15, 0.2) is 0 Å². The highest BCUT2D eigenvalue weighted by Crippen LogP contribution is 2.43. The minimum atomic E-state index is -0.339. The van der Waals surface area contributed by atoms with Gasteiger partial charge in [-0.2, -0.15) is 5.10 Å². The van der Waals surface area contributed by atoms with E-state index >= 15 is 0 Å². The lowest BCUT2D eigenvalue weighted by atomic mass is 9.99. The molecule has 6 heteroatoms. The molecule has 4 N–H and O–H groups in total. The van der Waals surface area contributed by atoms with Gasteiger partial charge in [-0.05, 0) is 24.1 Å². The third-order valence-corrected chi connectivity index (χ3v) is 4.20. The molecule has 1 aromatic rings. The normalized spacial score (nSPS) is 28.5. The lowest BCUT2D eigenvalue weighted by Crippen LogP contribution is -2.21. The Kier molecular flexibility index (Phi) is 2.66. The number of allylic oxidation sites excluding steroid dienone is 1. The zero-order valence-corrected chi connectivity index (χ0v) is 11.7. The molecule has 1 aromatic carbocycles. The highest BCUT2D eigenvalue weighted by molar-refractivity contribution is 6.28. The molecule has 4 rings (SSSR count). The molecule has 22 heavy (non-hydrogen) atoms. The third-order valence-electron chi connectivity index (χ3n) is 4.20. The first kappa shape index (κ1) is 12.8. The van der Waals surface area contributed by atoms with Crippen LogP contribution in [0.15, 0.2) is 46.7 Å². The molecule has 3 aliphatic rings. The molecule has 0 radical (unpaired) electrons. The van der Waals surface area contributed by atoms with E-state index in [1.165, 1.54) is 0 Å². The van der Waals surface area contributed by atoms with E-state index in [4.69, 9.17) is 5.73 Å². The molecule has 0 saturated heterocycles. The number of carbonyl (C=O) groups is 2. The summed E-state index contributed by atoms with van der Waals surface area (Å²) in [6.45, 7) is 0. The number of carbonyl (C=O) groups excluding carboxylic acids is 2. The topological polar surface area (TPSA) is 96.6 Å². The van der Waals surface area contributed by atoms with Crippen LogP contribution < -0.4 is 16.5 Å². The summed E-state index contributed by atoms with van der Waals surface area (Å²) in [6.07, 6.45) is 4.47. The van der Waals surface area contributed by atoms with Crippen molar-refractivity contribution >= 4 is 29.3 Å². The molecule has 2 heterocycles. The van der Waals surface area contributed by atoms with Crippen molar-refractivity contribution in [2.45, 2.75) is 6.42 Å². The van der Waals surface area contributed by atoms with Crippen molar-refractivity contribution in [3.05, 3.63) is 47.2 Å². The van der Waals surface area contributed by atoms with E-state index in [0.717, 1.165) is 11.3 Å². The first-order chi connectivity index (χ1) is 10.6. The minimum absolute atomic E-state index is 0.0636. The number of primary amides is 1. The van der Waals surface area contributed by atoms with Crippen LogP contribution in [0.1, 0.15) is 12.0 Å². The van der Waals surface area contributed by atoms with Crippen LogP contribution in [-0.4, -0.2) is 17.5 Å². The van der Waals surface area contributed by atoms with Crippen molar-refractivity contribution in [1.82, 2.24) is 5.43 Å². The summed E-state index contributed by atoms with van der Waals surface area (Å²) in [7, 11) is 0. The van der Waals surface area contributed by atoms with Gasteiger partial charge in [0.1, 0.15) is 0 Å². The number of hydrogen-bond donors (Lipinski definition) is 3. The maximum absolute atomic E-state index is 12.1. The average Bonchev–Trinajstić information content (AvgIpc) is 3.23. The van der Waals surface area contributed by atoms with E-state index in [2.05, 4.69) is 15.8 Å². The molecule has 0 aromatic heterocycles. The Morgan fingerprint density at radius 2 is 2.09 bits per heavy atom. The number of nitrogens with zero attached hydrogens (tertiary/aromatic N) is 1. The van der Waals surface area contributed by atoms with Crippen LogP contribution >= 0.6 is 0 Å². The molecule has 0 spiro atoms. The quantitative estimate of drug-likeness (QED) is 0.709. The number of hydrogen-bond acceptors (Lipinski definition) is 4. The van der Waals surface area contributed by atoms with Crippen LogP contribution in [0.4, 0.5) is 5.69 Å². The molecule has 1 fully saturated rings. The standard InChI is InChI=1S/C16H14N4O2/c17-15(21)10-7-9(10)14-13(16(22)20-19-14)12-6-5-8-3-1-2-4-11(8)18-12/h1-6,9-10,18H,7H2,(H2,17,21)(H,20,22)/b13-12-. The number of nitrogens with one attached hydrogen (secondary N) is 2. The molecule has 1 aliphatic carbocycles. The third kappa shape index (κ3) is 1.92. The number of rotatable bonds is 2. The van der Waals surface area contributed by atoms with Crippen LogP contribution in [0.25, 0.3) is 6.08 Å². The Bertz CT molecular complexity index is 791. The SMILES string of the molecule is NC(=O)C1CC1C1=NNC(=O)/C1=C1/C=Cc2ccccc2N1. The van der Waals surface area contributed by atoms with Crippen molar-refractivity contribution in [3.63, 3.8) is 0 Å². The molecule has 2 unspecified atom stereocenters. The van der Waals surface area contributed by atoms with Crippen LogP contribution in [0.3, 0.4) is 0 Å². The van der Waals surface area contributed by atoms with Gasteiger partial charge in [0.25, 0.3) is 5.91 Å². The van der Waals surface area contributed by atoms with Gasteiger partial charge in [0, 0.05) is 17.5 Å².